The number of nitro benzene ring substituents is 1. The standard InChI is InChI=1S/C11H12BrNO4/c1-3-17-9-6-4-5-8(13(15)16)10(9)11(14)7(2)12/h4-7H,3H2,1-2H3. The summed E-state index contributed by atoms with van der Waals surface area (Å²) in [7, 11) is 0. The molecule has 0 aliphatic carbocycles. The Morgan fingerprint density at radius 3 is 2.71 bits per heavy atom. The van der Waals surface area contributed by atoms with Gasteiger partial charge in [0.25, 0.3) is 5.69 Å². The molecular formula is C11H12BrNO4. The van der Waals surface area contributed by atoms with E-state index in [1.807, 2.05) is 0 Å². The van der Waals surface area contributed by atoms with Gasteiger partial charge in [-0.25, -0.2) is 0 Å². The van der Waals surface area contributed by atoms with Crippen molar-refractivity contribution in [2.45, 2.75) is 18.7 Å². The highest BCUT2D eigenvalue weighted by Crippen LogP contribution is 2.30. The lowest BCUT2D eigenvalue weighted by atomic mass is 10.1. The summed E-state index contributed by atoms with van der Waals surface area (Å²) in [5, 5.41) is 10.9. The number of carbonyl (C=O) groups excluding carboxylic acids is 1. The van der Waals surface area contributed by atoms with Crippen molar-refractivity contribution in [3.05, 3.63) is 33.9 Å². The first-order valence-electron chi connectivity index (χ1n) is 5.07. The molecule has 0 saturated carbocycles. The van der Waals surface area contributed by atoms with Crippen LogP contribution in [0.3, 0.4) is 0 Å². The normalized spacial score (nSPS) is 11.9. The van der Waals surface area contributed by atoms with Gasteiger partial charge < -0.3 is 4.74 Å². The fourth-order valence-electron chi connectivity index (χ4n) is 1.39. The van der Waals surface area contributed by atoms with Gasteiger partial charge in [-0.05, 0) is 19.9 Å². The molecule has 1 unspecified atom stereocenters. The molecule has 5 nitrogen and oxygen atoms in total. The first-order chi connectivity index (χ1) is 7.99. The smallest absolute Gasteiger partial charge is 0.284 e. The van der Waals surface area contributed by atoms with E-state index in [0.717, 1.165) is 0 Å². The Morgan fingerprint density at radius 1 is 1.59 bits per heavy atom. The summed E-state index contributed by atoms with van der Waals surface area (Å²) < 4.78 is 5.25. The molecule has 0 aliphatic rings. The highest BCUT2D eigenvalue weighted by molar-refractivity contribution is 9.10. The van der Waals surface area contributed by atoms with Crippen molar-refractivity contribution >= 4 is 27.4 Å². The van der Waals surface area contributed by atoms with E-state index in [1.54, 1.807) is 19.9 Å². The third-order valence-corrected chi connectivity index (χ3v) is 2.52. The van der Waals surface area contributed by atoms with E-state index in [4.69, 9.17) is 4.74 Å². The zero-order valence-corrected chi connectivity index (χ0v) is 11.1. The molecule has 0 N–H and O–H groups in total. The van der Waals surface area contributed by atoms with Gasteiger partial charge in [0.1, 0.15) is 11.3 Å². The molecule has 0 amide bonds. The highest BCUT2D eigenvalue weighted by atomic mass is 79.9. The van der Waals surface area contributed by atoms with Gasteiger partial charge in [0.2, 0.25) is 0 Å². The van der Waals surface area contributed by atoms with Gasteiger partial charge in [-0.15, -0.1) is 0 Å². The second-order valence-corrected chi connectivity index (χ2v) is 4.69. The topological polar surface area (TPSA) is 69.4 Å². The van der Waals surface area contributed by atoms with E-state index >= 15 is 0 Å². The van der Waals surface area contributed by atoms with Gasteiger partial charge in [0.05, 0.1) is 16.4 Å². The predicted molar refractivity (Wildman–Crippen MR) is 67.0 cm³/mol. The van der Waals surface area contributed by atoms with E-state index in [0.29, 0.717) is 6.61 Å². The monoisotopic (exact) mass is 301 g/mol. The molecule has 92 valence electrons. The number of nitrogens with zero attached hydrogens (tertiary/aromatic N) is 1. The average Bonchev–Trinajstić information content (AvgIpc) is 2.28. The summed E-state index contributed by atoms with van der Waals surface area (Å²) in [5.41, 5.74) is -0.212. The Kier molecular flexibility index (Phi) is 4.62. The van der Waals surface area contributed by atoms with Crippen LogP contribution in [-0.4, -0.2) is 22.1 Å². The third kappa shape index (κ3) is 3.03. The molecule has 0 fully saturated rings. The van der Waals surface area contributed by atoms with Gasteiger partial charge >= 0.3 is 0 Å². The fraction of sp³-hybridized carbons (Fsp3) is 0.364. The number of hydrogen-bond acceptors (Lipinski definition) is 4. The van der Waals surface area contributed by atoms with Gasteiger partial charge in [0.15, 0.2) is 5.78 Å². The second kappa shape index (κ2) is 5.77. The lowest BCUT2D eigenvalue weighted by Gasteiger charge is -2.10. The van der Waals surface area contributed by atoms with Crippen LogP contribution in [0.1, 0.15) is 24.2 Å². The lowest BCUT2D eigenvalue weighted by molar-refractivity contribution is -0.385. The number of Topliss-reactive ketones (excluding diaryl/α,β-unsaturated/α-hetero) is 1. The summed E-state index contributed by atoms with van der Waals surface area (Å²) in [6.45, 7) is 3.72. The summed E-state index contributed by atoms with van der Waals surface area (Å²) >= 11 is 3.12. The van der Waals surface area contributed by atoms with Gasteiger partial charge in [-0.3, -0.25) is 14.9 Å². The Morgan fingerprint density at radius 2 is 2.24 bits per heavy atom. The quantitative estimate of drug-likeness (QED) is 0.363. The van der Waals surface area contributed by atoms with Crippen molar-refractivity contribution in [2.24, 2.45) is 0 Å². The number of rotatable bonds is 5. The van der Waals surface area contributed by atoms with Gasteiger partial charge in [-0.2, -0.15) is 0 Å². The molecule has 17 heavy (non-hydrogen) atoms. The van der Waals surface area contributed by atoms with Crippen molar-refractivity contribution in [2.75, 3.05) is 6.61 Å². The van der Waals surface area contributed by atoms with Crippen LogP contribution in [0.15, 0.2) is 18.2 Å². The Balaban J connectivity index is 3.38. The largest absolute Gasteiger partial charge is 0.493 e. The summed E-state index contributed by atoms with van der Waals surface area (Å²) in [6, 6.07) is 4.35. The van der Waals surface area contributed by atoms with Crippen LogP contribution in [0.4, 0.5) is 5.69 Å². The second-order valence-electron chi connectivity index (χ2n) is 3.32. The van der Waals surface area contributed by atoms with Crippen molar-refractivity contribution in [3.8, 4) is 5.75 Å². The Hall–Kier alpha value is -1.43. The molecule has 0 saturated heterocycles. The molecule has 0 heterocycles. The molecule has 1 atom stereocenters. The van der Waals surface area contributed by atoms with Crippen LogP contribution in [-0.2, 0) is 0 Å². The van der Waals surface area contributed by atoms with E-state index < -0.39 is 9.75 Å². The highest BCUT2D eigenvalue weighted by Gasteiger charge is 2.27. The Labute approximate surface area is 107 Å². The van der Waals surface area contributed by atoms with Crippen molar-refractivity contribution in [1.29, 1.82) is 0 Å². The molecule has 0 aliphatic heterocycles. The molecule has 0 radical (unpaired) electrons. The van der Waals surface area contributed by atoms with Crippen LogP contribution in [0.2, 0.25) is 0 Å². The molecule has 6 heteroatoms. The lowest BCUT2D eigenvalue weighted by Crippen LogP contribution is -2.14. The van der Waals surface area contributed by atoms with E-state index in [9.17, 15) is 14.9 Å². The maximum Gasteiger partial charge on any atom is 0.284 e. The fourth-order valence-corrected chi connectivity index (χ4v) is 1.62. The minimum absolute atomic E-state index is 0.0173. The van der Waals surface area contributed by atoms with Crippen LogP contribution in [0.25, 0.3) is 0 Å². The number of nitro groups is 1. The maximum absolute atomic E-state index is 11.9. The van der Waals surface area contributed by atoms with E-state index in [-0.39, 0.29) is 22.8 Å². The van der Waals surface area contributed by atoms with Crippen LogP contribution in [0.5, 0.6) is 5.75 Å². The van der Waals surface area contributed by atoms with Gasteiger partial charge in [0, 0.05) is 6.07 Å². The molecule has 1 rings (SSSR count). The van der Waals surface area contributed by atoms with Crippen molar-refractivity contribution in [3.63, 3.8) is 0 Å². The maximum atomic E-state index is 11.9. The molecule has 1 aromatic rings. The number of halogens is 1. The van der Waals surface area contributed by atoms with Gasteiger partial charge in [-0.1, -0.05) is 22.0 Å². The van der Waals surface area contributed by atoms with Crippen molar-refractivity contribution in [1.82, 2.24) is 0 Å². The van der Waals surface area contributed by atoms with Crippen molar-refractivity contribution < 1.29 is 14.5 Å². The van der Waals surface area contributed by atoms with E-state index in [1.165, 1.54) is 12.1 Å². The Bertz CT molecular complexity index is 445. The van der Waals surface area contributed by atoms with Crippen LogP contribution in [0, 0.1) is 10.1 Å². The molecular weight excluding hydrogens is 290 g/mol. The minimum atomic E-state index is -0.578. The molecule has 0 bridgehead atoms. The van der Waals surface area contributed by atoms with Crippen LogP contribution < -0.4 is 4.74 Å². The first-order valence-corrected chi connectivity index (χ1v) is 5.99. The molecule has 1 aromatic carbocycles. The number of ketones is 1. The zero-order chi connectivity index (χ0) is 13.0. The first kappa shape index (κ1) is 13.6. The molecule has 0 aromatic heterocycles. The van der Waals surface area contributed by atoms with E-state index in [2.05, 4.69) is 15.9 Å². The van der Waals surface area contributed by atoms with Crippen LogP contribution >= 0.6 is 15.9 Å². The SMILES string of the molecule is CCOc1cccc([N+](=O)[O-])c1C(=O)C(C)Br. The summed E-state index contributed by atoms with van der Waals surface area (Å²) in [6.07, 6.45) is 0. The predicted octanol–water partition coefficient (Wildman–Crippen LogP) is 2.96. The summed E-state index contributed by atoms with van der Waals surface area (Å²) in [4.78, 5) is 21.7. The number of alkyl halides is 1. The molecule has 0 spiro atoms. The minimum Gasteiger partial charge on any atom is -0.493 e. The number of ether oxygens (including phenoxy) is 1. The number of benzene rings is 1. The zero-order valence-electron chi connectivity index (χ0n) is 9.47. The third-order valence-electron chi connectivity index (χ3n) is 2.11. The number of hydrogen-bond donors (Lipinski definition) is 0. The summed E-state index contributed by atoms with van der Waals surface area (Å²) in [5.74, 6) is -0.112. The number of carbonyl (C=O) groups is 1. The average molecular weight is 302 g/mol.